The minimum atomic E-state index is -0.576. The molecular weight excluding hydrogens is 222 g/mol. The van der Waals surface area contributed by atoms with E-state index in [2.05, 4.69) is 10.6 Å². The van der Waals surface area contributed by atoms with E-state index >= 15 is 0 Å². The van der Waals surface area contributed by atoms with Crippen LogP contribution in [0.4, 0.5) is 0 Å². The van der Waals surface area contributed by atoms with E-state index in [1.807, 2.05) is 0 Å². The Labute approximate surface area is 101 Å². The molecule has 0 unspecified atom stereocenters. The highest BCUT2D eigenvalue weighted by molar-refractivity contribution is 5.89. The third-order valence-electron chi connectivity index (χ3n) is 2.77. The highest BCUT2D eigenvalue weighted by Crippen LogP contribution is 2.09. The van der Waals surface area contributed by atoms with Gasteiger partial charge in [0.2, 0.25) is 17.7 Å². The van der Waals surface area contributed by atoms with Crippen LogP contribution in [0.1, 0.15) is 26.2 Å². The summed E-state index contributed by atoms with van der Waals surface area (Å²) in [5.41, 5.74) is 0. The molecule has 1 saturated heterocycles. The first-order chi connectivity index (χ1) is 8.04. The van der Waals surface area contributed by atoms with Crippen LogP contribution in [0.3, 0.4) is 0 Å². The number of amides is 3. The number of carbonyl (C=O) groups excluding carboxylic acids is 3. The molecule has 0 aromatic heterocycles. The fourth-order valence-corrected chi connectivity index (χ4v) is 1.77. The van der Waals surface area contributed by atoms with Crippen molar-refractivity contribution >= 4 is 17.7 Å². The summed E-state index contributed by atoms with van der Waals surface area (Å²) in [7, 11) is 1.51. The van der Waals surface area contributed by atoms with Crippen LogP contribution in [0, 0.1) is 0 Å². The van der Waals surface area contributed by atoms with Gasteiger partial charge in [-0.15, -0.1) is 0 Å². The van der Waals surface area contributed by atoms with Gasteiger partial charge in [0.1, 0.15) is 6.04 Å². The smallest absolute Gasteiger partial charge is 0.242 e. The second kappa shape index (κ2) is 6.22. The van der Waals surface area contributed by atoms with Crippen molar-refractivity contribution in [3.8, 4) is 0 Å². The molecule has 2 N–H and O–H groups in total. The second-order valence-corrected chi connectivity index (χ2v) is 4.18. The van der Waals surface area contributed by atoms with Crippen LogP contribution in [-0.2, 0) is 14.4 Å². The van der Waals surface area contributed by atoms with E-state index in [4.69, 9.17) is 0 Å². The van der Waals surface area contributed by atoms with Crippen molar-refractivity contribution in [1.82, 2.24) is 15.5 Å². The lowest BCUT2D eigenvalue weighted by atomic mass is 10.1. The average molecular weight is 241 g/mol. The number of likely N-dealkylation sites (N-methyl/N-ethyl adjacent to an activating group) is 1. The zero-order chi connectivity index (χ0) is 12.8. The average Bonchev–Trinajstić information content (AvgIpc) is 2.31. The molecule has 1 rings (SSSR count). The summed E-state index contributed by atoms with van der Waals surface area (Å²) >= 11 is 0. The van der Waals surface area contributed by atoms with Gasteiger partial charge in [-0.2, -0.15) is 0 Å². The fourth-order valence-electron chi connectivity index (χ4n) is 1.77. The summed E-state index contributed by atoms with van der Waals surface area (Å²) in [6, 6.07) is -0.576. The predicted molar refractivity (Wildman–Crippen MR) is 62.1 cm³/mol. The molecule has 0 aromatic rings. The number of rotatable bonds is 4. The van der Waals surface area contributed by atoms with E-state index in [1.54, 1.807) is 6.92 Å². The van der Waals surface area contributed by atoms with Crippen molar-refractivity contribution in [1.29, 1.82) is 0 Å². The molecule has 1 aliphatic rings. The first kappa shape index (κ1) is 13.5. The molecule has 1 atom stereocenters. The van der Waals surface area contributed by atoms with Crippen molar-refractivity contribution < 1.29 is 14.4 Å². The Hall–Kier alpha value is -1.59. The summed E-state index contributed by atoms with van der Waals surface area (Å²) in [5.74, 6) is -0.529. The van der Waals surface area contributed by atoms with E-state index in [1.165, 1.54) is 11.9 Å². The van der Waals surface area contributed by atoms with Crippen LogP contribution in [-0.4, -0.2) is 48.8 Å². The van der Waals surface area contributed by atoms with Gasteiger partial charge in [-0.3, -0.25) is 14.4 Å². The normalized spacial score (nSPS) is 17.5. The fraction of sp³-hybridized carbons (Fsp3) is 0.727. The van der Waals surface area contributed by atoms with E-state index < -0.39 is 6.04 Å². The highest BCUT2D eigenvalue weighted by Gasteiger charge is 2.22. The van der Waals surface area contributed by atoms with Gasteiger partial charge in [0, 0.05) is 20.0 Å². The van der Waals surface area contributed by atoms with Gasteiger partial charge in [-0.1, -0.05) is 0 Å². The Morgan fingerprint density at radius 3 is 2.71 bits per heavy atom. The summed E-state index contributed by atoms with van der Waals surface area (Å²) in [6.07, 6.45) is 2.34. The number of carbonyl (C=O) groups is 3. The molecule has 1 fully saturated rings. The van der Waals surface area contributed by atoms with Crippen LogP contribution >= 0.6 is 0 Å². The van der Waals surface area contributed by atoms with Gasteiger partial charge in [0.25, 0.3) is 0 Å². The monoisotopic (exact) mass is 241 g/mol. The maximum atomic E-state index is 11.6. The molecule has 6 heteroatoms. The van der Waals surface area contributed by atoms with E-state index in [-0.39, 0.29) is 24.3 Å². The number of hydrogen-bond acceptors (Lipinski definition) is 3. The molecule has 1 heterocycles. The summed E-state index contributed by atoms with van der Waals surface area (Å²) < 4.78 is 0. The lowest BCUT2D eigenvalue weighted by Crippen LogP contribution is -2.49. The first-order valence-corrected chi connectivity index (χ1v) is 5.83. The van der Waals surface area contributed by atoms with Gasteiger partial charge < -0.3 is 15.5 Å². The van der Waals surface area contributed by atoms with Crippen LogP contribution < -0.4 is 10.6 Å². The van der Waals surface area contributed by atoms with Crippen LogP contribution in [0.2, 0.25) is 0 Å². The summed E-state index contributed by atoms with van der Waals surface area (Å²) in [5, 5.41) is 5.00. The first-order valence-electron chi connectivity index (χ1n) is 5.83. The zero-order valence-corrected chi connectivity index (χ0v) is 10.3. The molecule has 0 spiro atoms. The van der Waals surface area contributed by atoms with Crippen molar-refractivity contribution in [2.45, 2.75) is 32.2 Å². The third-order valence-corrected chi connectivity index (χ3v) is 2.77. The van der Waals surface area contributed by atoms with Crippen LogP contribution in [0.25, 0.3) is 0 Å². The molecule has 1 aliphatic heterocycles. The van der Waals surface area contributed by atoms with Gasteiger partial charge in [-0.05, 0) is 19.8 Å². The van der Waals surface area contributed by atoms with Crippen molar-refractivity contribution in [2.24, 2.45) is 0 Å². The Kier molecular flexibility index (Phi) is 4.93. The summed E-state index contributed by atoms with van der Waals surface area (Å²) in [4.78, 5) is 35.8. The molecule has 0 aliphatic carbocycles. The van der Waals surface area contributed by atoms with Crippen LogP contribution in [0.15, 0.2) is 0 Å². The number of likely N-dealkylation sites (tertiary alicyclic amines) is 1. The summed E-state index contributed by atoms with van der Waals surface area (Å²) in [6.45, 7) is 2.27. The molecule has 6 nitrogen and oxygen atoms in total. The largest absolute Gasteiger partial charge is 0.357 e. The predicted octanol–water partition coefficient (Wildman–Crippen LogP) is -0.750. The Morgan fingerprint density at radius 1 is 1.41 bits per heavy atom. The topological polar surface area (TPSA) is 78.5 Å². The molecule has 96 valence electrons. The molecule has 0 aromatic carbocycles. The van der Waals surface area contributed by atoms with Gasteiger partial charge in [0.05, 0.1) is 6.54 Å². The molecular formula is C11H19N3O3. The van der Waals surface area contributed by atoms with Gasteiger partial charge in [0.15, 0.2) is 0 Å². The van der Waals surface area contributed by atoms with Crippen molar-refractivity contribution in [3.63, 3.8) is 0 Å². The standard InChI is InChI=1S/C11H19N3O3/c1-8(11(17)12-2)13-9(15)7-14-6-4-3-5-10(14)16/h8H,3-7H2,1-2H3,(H,12,17)(H,13,15)/t8-/m1/s1. The number of nitrogens with one attached hydrogen (secondary N) is 2. The minimum absolute atomic E-state index is 0.0130. The Balaban J connectivity index is 2.38. The molecule has 17 heavy (non-hydrogen) atoms. The number of hydrogen-bond donors (Lipinski definition) is 2. The minimum Gasteiger partial charge on any atom is -0.357 e. The Bertz CT molecular complexity index is 317. The molecule has 0 bridgehead atoms. The number of nitrogens with zero attached hydrogens (tertiary/aromatic N) is 1. The lowest BCUT2D eigenvalue weighted by Gasteiger charge is -2.26. The maximum Gasteiger partial charge on any atom is 0.242 e. The molecule has 0 saturated carbocycles. The molecule has 0 radical (unpaired) electrons. The zero-order valence-electron chi connectivity index (χ0n) is 10.3. The Morgan fingerprint density at radius 2 is 2.12 bits per heavy atom. The number of piperidine rings is 1. The van der Waals surface area contributed by atoms with E-state index in [9.17, 15) is 14.4 Å². The van der Waals surface area contributed by atoms with Crippen molar-refractivity contribution in [2.75, 3.05) is 20.1 Å². The van der Waals surface area contributed by atoms with Crippen molar-refractivity contribution in [3.05, 3.63) is 0 Å². The maximum absolute atomic E-state index is 11.6. The quantitative estimate of drug-likeness (QED) is 0.679. The van der Waals surface area contributed by atoms with E-state index in [0.29, 0.717) is 13.0 Å². The highest BCUT2D eigenvalue weighted by atomic mass is 16.2. The SMILES string of the molecule is CNC(=O)[C@@H](C)NC(=O)CN1CCCCC1=O. The van der Waals surface area contributed by atoms with E-state index in [0.717, 1.165) is 12.8 Å². The second-order valence-electron chi connectivity index (χ2n) is 4.18. The van der Waals surface area contributed by atoms with Gasteiger partial charge >= 0.3 is 0 Å². The van der Waals surface area contributed by atoms with Gasteiger partial charge in [-0.25, -0.2) is 0 Å². The third kappa shape index (κ3) is 4.05. The molecule has 3 amide bonds. The lowest BCUT2D eigenvalue weighted by molar-refractivity contribution is -0.138. The van der Waals surface area contributed by atoms with Crippen LogP contribution in [0.5, 0.6) is 0 Å².